The molecule has 4 heterocycles. The number of nitrogens with zero attached hydrogens (tertiary/aromatic N) is 4. The van der Waals surface area contributed by atoms with Crippen molar-refractivity contribution in [3.05, 3.63) is 92.9 Å². The summed E-state index contributed by atoms with van der Waals surface area (Å²) in [7, 11) is 0. The Hall–Kier alpha value is -4.59. The largest absolute Gasteiger partial charge is 0.381 e. The molecule has 2 fully saturated rings. The summed E-state index contributed by atoms with van der Waals surface area (Å²) in [6, 6.07) is 22.5. The average molecular weight is 757 g/mol. The molecule has 0 radical (unpaired) electrons. The fourth-order valence-electron chi connectivity index (χ4n) is 5.80. The summed E-state index contributed by atoms with van der Waals surface area (Å²) >= 11 is 3.39. The fourth-order valence-corrected chi connectivity index (χ4v) is 7.99. The first-order valence-electron chi connectivity index (χ1n) is 17.8. The van der Waals surface area contributed by atoms with E-state index in [9.17, 15) is 4.79 Å². The molecule has 0 spiro atoms. The number of nitrogens with two attached hydrogens (primary N) is 1. The van der Waals surface area contributed by atoms with Gasteiger partial charge in [-0.05, 0) is 32.1 Å². The van der Waals surface area contributed by atoms with Gasteiger partial charge in [0.25, 0.3) is 0 Å². The minimum Gasteiger partial charge on any atom is -0.381 e. The normalized spacial score (nSPS) is 15.2. The molecule has 4 aromatic rings. The number of carbonyl (C=O) groups excluding carboxylic acids is 3. The van der Waals surface area contributed by atoms with Gasteiger partial charge in [-0.3, -0.25) is 4.79 Å². The smallest absolute Gasteiger partial charge is 0.373 e. The molecular formula is C40H48N6O5S2. The summed E-state index contributed by atoms with van der Waals surface area (Å²) in [6.45, 7) is 13.4. The number of nitriles is 1. The van der Waals surface area contributed by atoms with Gasteiger partial charge in [0.05, 0.1) is 17.5 Å². The van der Waals surface area contributed by atoms with Gasteiger partial charge >= 0.3 is 6.15 Å². The Kier molecular flexibility index (Phi) is 19.3. The SMILES string of the molecule is CCCC#N.NCC1(c2nc(-c3ccccc3)cs2)CCOCC1.O=C=O.[C-]#[N+]CCCC(=O)NCC1(c2nc(-c3ccccc3)cs2)CCOCC1. The Labute approximate surface area is 320 Å². The molecule has 3 N–H and O–H groups in total. The Balaban J connectivity index is 0.000000244. The van der Waals surface area contributed by atoms with E-state index in [0.29, 0.717) is 52.1 Å². The molecule has 2 aliphatic heterocycles. The summed E-state index contributed by atoms with van der Waals surface area (Å²) < 4.78 is 11.0. The number of rotatable bonds is 11. The molecule has 0 aliphatic carbocycles. The predicted octanol–water partition coefficient (Wildman–Crippen LogP) is 7.22. The van der Waals surface area contributed by atoms with Crippen LogP contribution in [0.25, 0.3) is 27.4 Å². The third-order valence-electron chi connectivity index (χ3n) is 9.00. The molecule has 11 nitrogen and oxygen atoms in total. The number of hydrogen-bond donors (Lipinski definition) is 2. The van der Waals surface area contributed by atoms with Gasteiger partial charge < -0.3 is 25.4 Å². The zero-order valence-corrected chi connectivity index (χ0v) is 31.9. The standard InChI is InChI=1S/C20H23N3O2S.C15H18N2OS.C4H7N.CO2/c1-21-11-5-8-18(24)22-15-20(9-12-25-13-10-20)19-23-17(14-26-19)16-6-3-2-4-7-16;16-11-15(6-8-18-9-7-15)14-17-13(10-19-14)12-4-2-1-3-5-12;1-2-3-4-5;2-1-3/h2-4,6-7,14H,5,8-13,15H2,(H,22,24);1-5,10H,6-9,11,16H2;2-3H2,1H3;. The van der Waals surface area contributed by atoms with E-state index in [1.165, 1.54) is 5.56 Å². The topological polar surface area (TPSA) is 162 Å². The summed E-state index contributed by atoms with van der Waals surface area (Å²) in [6.07, 6.45) is 6.62. The molecule has 13 heteroatoms. The van der Waals surface area contributed by atoms with Crippen LogP contribution in [0.1, 0.15) is 68.3 Å². The first-order chi connectivity index (χ1) is 25.9. The average Bonchev–Trinajstić information content (AvgIpc) is 3.92. The summed E-state index contributed by atoms with van der Waals surface area (Å²) in [5.41, 5.74) is 10.2. The number of nitrogens with one attached hydrogen (secondary N) is 1. The van der Waals surface area contributed by atoms with E-state index in [4.69, 9.17) is 46.6 Å². The maximum Gasteiger partial charge on any atom is 0.373 e. The zero-order valence-electron chi connectivity index (χ0n) is 30.3. The molecule has 6 rings (SSSR count). The van der Waals surface area contributed by atoms with Crippen molar-refractivity contribution in [3.63, 3.8) is 0 Å². The molecule has 0 bridgehead atoms. The van der Waals surface area contributed by atoms with E-state index in [-0.39, 0.29) is 22.9 Å². The molecule has 0 unspecified atom stereocenters. The van der Waals surface area contributed by atoms with Crippen LogP contribution in [-0.4, -0.2) is 68.1 Å². The van der Waals surface area contributed by atoms with Crippen molar-refractivity contribution >= 4 is 34.7 Å². The quantitative estimate of drug-likeness (QED) is 0.119. The Morgan fingerprint density at radius 2 is 1.36 bits per heavy atom. The lowest BCUT2D eigenvalue weighted by Crippen LogP contribution is -2.44. The van der Waals surface area contributed by atoms with Gasteiger partial charge in [0.1, 0.15) is 10.0 Å². The van der Waals surface area contributed by atoms with Gasteiger partial charge in [0.15, 0.2) is 0 Å². The number of thiazole rings is 2. The van der Waals surface area contributed by atoms with Crippen molar-refractivity contribution in [2.75, 3.05) is 46.1 Å². The number of unbranched alkanes of at least 4 members (excludes halogenated alkanes) is 1. The second-order valence-corrected chi connectivity index (χ2v) is 14.3. The van der Waals surface area contributed by atoms with Crippen LogP contribution < -0.4 is 11.1 Å². The Morgan fingerprint density at radius 3 is 1.77 bits per heavy atom. The molecular weight excluding hydrogens is 709 g/mol. The maximum absolute atomic E-state index is 12.1. The highest BCUT2D eigenvalue weighted by molar-refractivity contribution is 7.10. The lowest BCUT2D eigenvalue weighted by atomic mass is 9.80. The van der Waals surface area contributed by atoms with Crippen LogP contribution in [0.4, 0.5) is 0 Å². The monoisotopic (exact) mass is 756 g/mol. The van der Waals surface area contributed by atoms with Crippen molar-refractivity contribution in [2.24, 2.45) is 5.73 Å². The number of carbonyl (C=O) groups is 1. The van der Waals surface area contributed by atoms with E-state index >= 15 is 0 Å². The van der Waals surface area contributed by atoms with Crippen LogP contribution in [0, 0.1) is 17.9 Å². The van der Waals surface area contributed by atoms with Gasteiger partial charge in [-0.25, -0.2) is 16.5 Å². The summed E-state index contributed by atoms with van der Waals surface area (Å²) in [5.74, 6) is 0.0133. The molecule has 280 valence electrons. The first kappa shape index (κ1) is 42.8. The number of ether oxygens (including phenoxy) is 2. The Morgan fingerprint density at radius 1 is 0.887 bits per heavy atom. The number of benzene rings is 2. The molecule has 2 saturated heterocycles. The van der Waals surface area contributed by atoms with Gasteiger partial charge in [-0.1, -0.05) is 67.6 Å². The maximum atomic E-state index is 12.1. The van der Waals surface area contributed by atoms with E-state index < -0.39 is 0 Å². The summed E-state index contributed by atoms with van der Waals surface area (Å²) in [5, 5.41) is 17.4. The van der Waals surface area contributed by atoms with Crippen molar-refractivity contribution in [3.8, 4) is 28.6 Å². The zero-order chi connectivity index (χ0) is 38.2. The minimum atomic E-state index is -0.161. The van der Waals surface area contributed by atoms with Crippen LogP contribution in [0.3, 0.4) is 0 Å². The minimum absolute atomic E-state index is 0.0133. The molecule has 0 saturated carbocycles. The molecule has 2 aromatic carbocycles. The van der Waals surface area contributed by atoms with E-state index in [2.05, 4.69) is 45.2 Å². The number of aromatic nitrogens is 2. The highest BCUT2D eigenvalue weighted by Gasteiger charge is 2.38. The Bertz CT molecular complexity index is 1750. The van der Waals surface area contributed by atoms with E-state index in [0.717, 1.165) is 72.3 Å². The van der Waals surface area contributed by atoms with Gasteiger partial charge in [-0.2, -0.15) is 14.9 Å². The lowest BCUT2D eigenvalue weighted by Gasteiger charge is -2.35. The third kappa shape index (κ3) is 13.4. The van der Waals surface area contributed by atoms with Crippen molar-refractivity contribution in [1.29, 1.82) is 5.26 Å². The second-order valence-electron chi connectivity index (χ2n) is 12.6. The number of hydrogen-bond acceptors (Lipinski definition) is 11. The molecule has 2 aliphatic rings. The molecule has 0 atom stereocenters. The third-order valence-corrected chi connectivity index (χ3v) is 11.2. The van der Waals surface area contributed by atoms with Crippen LogP contribution in [0.15, 0.2) is 71.4 Å². The molecule has 2 aromatic heterocycles. The second kappa shape index (κ2) is 23.9. The van der Waals surface area contributed by atoms with Crippen molar-refractivity contribution in [1.82, 2.24) is 15.3 Å². The van der Waals surface area contributed by atoms with Gasteiger partial charge in [0.2, 0.25) is 12.5 Å². The van der Waals surface area contributed by atoms with E-state index in [1.807, 2.05) is 49.4 Å². The van der Waals surface area contributed by atoms with Gasteiger partial charge in [0, 0.05) is 91.5 Å². The fraction of sp³-hybridized carbons (Fsp3) is 0.450. The van der Waals surface area contributed by atoms with Crippen molar-refractivity contribution in [2.45, 2.75) is 69.1 Å². The highest BCUT2D eigenvalue weighted by atomic mass is 32.1. The molecule has 1 amide bonds. The van der Waals surface area contributed by atoms with Crippen LogP contribution in [-0.2, 0) is 34.7 Å². The van der Waals surface area contributed by atoms with Crippen LogP contribution >= 0.6 is 22.7 Å². The van der Waals surface area contributed by atoms with Crippen LogP contribution in [0.5, 0.6) is 0 Å². The van der Waals surface area contributed by atoms with Crippen LogP contribution in [0.2, 0.25) is 0 Å². The first-order valence-corrected chi connectivity index (χ1v) is 19.5. The van der Waals surface area contributed by atoms with Gasteiger partial charge in [-0.15, -0.1) is 22.7 Å². The highest BCUT2D eigenvalue weighted by Crippen LogP contribution is 2.39. The predicted molar refractivity (Wildman–Crippen MR) is 207 cm³/mol. The van der Waals surface area contributed by atoms with E-state index in [1.54, 1.807) is 22.7 Å². The van der Waals surface area contributed by atoms with Crippen molar-refractivity contribution < 1.29 is 23.9 Å². The molecule has 53 heavy (non-hydrogen) atoms. The number of amides is 1. The summed E-state index contributed by atoms with van der Waals surface area (Å²) in [4.78, 5) is 41.4. The lowest BCUT2D eigenvalue weighted by molar-refractivity contribution is -0.191.